The Morgan fingerprint density at radius 1 is 0.694 bits per heavy atom. The predicted molar refractivity (Wildman–Crippen MR) is 147 cm³/mol. The highest BCUT2D eigenvalue weighted by Crippen LogP contribution is 2.20. The molecule has 2 aromatic rings. The van der Waals surface area contributed by atoms with Crippen molar-refractivity contribution in [2.75, 3.05) is 6.61 Å². The van der Waals surface area contributed by atoms with Gasteiger partial charge in [0.2, 0.25) is 0 Å². The molecule has 36 heavy (non-hydrogen) atoms. The largest absolute Gasteiger partial charge is 0.487 e. The van der Waals surface area contributed by atoms with Gasteiger partial charge in [-0.2, -0.15) is 0 Å². The topological polar surface area (TPSA) is 35.0 Å². The number of ether oxygens (including phenoxy) is 1. The molecule has 2 rings (SSSR count). The Kier molecular flexibility index (Phi) is 16.0. The molecule has 5 heteroatoms. The summed E-state index contributed by atoms with van der Waals surface area (Å²) in [6, 6.07) is 8.41. The molecule has 1 heterocycles. The number of aromatic nitrogens is 2. The van der Waals surface area contributed by atoms with E-state index in [0.29, 0.717) is 18.0 Å². The molecule has 1 aromatic heterocycles. The van der Waals surface area contributed by atoms with Crippen LogP contribution in [0.5, 0.6) is 5.75 Å². The van der Waals surface area contributed by atoms with Gasteiger partial charge in [0, 0.05) is 12.0 Å². The van der Waals surface area contributed by atoms with Gasteiger partial charge < -0.3 is 4.74 Å². The first-order chi connectivity index (χ1) is 17.6. The maximum absolute atomic E-state index is 14.0. The first kappa shape index (κ1) is 30.2. The molecule has 2 atom stereocenters. The fraction of sp³-hybridized carbons (Fsp3) is 0.677. The van der Waals surface area contributed by atoms with Crippen LogP contribution in [0.15, 0.2) is 36.7 Å². The van der Waals surface area contributed by atoms with E-state index in [-0.39, 0.29) is 13.0 Å². The molecule has 202 valence electrons. The molecule has 0 spiro atoms. The fourth-order valence-electron chi connectivity index (χ4n) is 4.44. The lowest BCUT2D eigenvalue weighted by atomic mass is 10.0. The number of hydrogen-bond donors (Lipinski definition) is 0. The predicted octanol–water partition coefficient (Wildman–Crippen LogP) is 9.63. The van der Waals surface area contributed by atoms with Gasteiger partial charge in [0.1, 0.15) is 19.0 Å². The van der Waals surface area contributed by atoms with E-state index in [9.17, 15) is 8.78 Å². The third-order valence-corrected chi connectivity index (χ3v) is 6.72. The van der Waals surface area contributed by atoms with Crippen molar-refractivity contribution in [1.82, 2.24) is 9.97 Å². The number of benzene rings is 1. The lowest BCUT2D eigenvalue weighted by Crippen LogP contribution is -2.18. The second-order valence-electron chi connectivity index (χ2n) is 10.1. The summed E-state index contributed by atoms with van der Waals surface area (Å²) >= 11 is 0. The van der Waals surface area contributed by atoms with Gasteiger partial charge in [-0.25, -0.2) is 18.7 Å². The van der Waals surface area contributed by atoms with Crippen LogP contribution in [0.25, 0.3) is 11.4 Å². The van der Waals surface area contributed by atoms with Crippen molar-refractivity contribution >= 4 is 0 Å². The molecule has 0 saturated carbocycles. The lowest BCUT2D eigenvalue weighted by Gasteiger charge is -2.13. The highest BCUT2D eigenvalue weighted by molar-refractivity contribution is 5.55. The van der Waals surface area contributed by atoms with E-state index in [2.05, 4.69) is 48.1 Å². The summed E-state index contributed by atoms with van der Waals surface area (Å²) in [5.74, 6) is 1.02. The monoisotopic (exact) mass is 502 g/mol. The Morgan fingerprint density at radius 2 is 1.25 bits per heavy atom. The second kappa shape index (κ2) is 19.1. The van der Waals surface area contributed by atoms with Crippen molar-refractivity contribution in [2.45, 2.75) is 129 Å². The van der Waals surface area contributed by atoms with Crippen LogP contribution in [-0.2, 0) is 6.42 Å². The first-order valence-corrected chi connectivity index (χ1v) is 14.4. The van der Waals surface area contributed by atoms with Crippen molar-refractivity contribution in [3.63, 3.8) is 0 Å². The van der Waals surface area contributed by atoms with Gasteiger partial charge in [-0.3, -0.25) is 0 Å². The van der Waals surface area contributed by atoms with Crippen LogP contribution >= 0.6 is 0 Å². The molecular formula is C31H48F2N2O. The fourth-order valence-corrected chi connectivity index (χ4v) is 4.44. The molecule has 0 fully saturated rings. The zero-order valence-electron chi connectivity index (χ0n) is 22.7. The highest BCUT2D eigenvalue weighted by Gasteiger charge is 2.16. The van der Waals surface area contributed by atoms with Gasteiger partial charge in [0.05, 0.1) is 12.4 Å². The Labute approximate surface area is 218 Å². The zero-order valence-corrected chi connectivity index (χ0v) is 22.7. The lowest BCUT2D eigenvalue weighted by molar-refractivity contribution is 0.146. The summed E-state index contributed by atoms with van der Waals surface area (Å²) in [4.78, 5) is 8.72. The minimum absolute atomic E-state index is 0.117. The molecule has 0 aliphatic rings. The van der Waals surface area contributed by atoms with Gasteiger partial charge >= 0.3 is 0 Å². The summed E-state index contributed by atoms with van der Waals surface area (Å²) in [6.07, 6.45) is 18.4. The average molecular weight is 503 g/mol. The zero-order chi connectivity index (χ0) is 25.8. The number of aryl methyl sites for hydroxylation is 1. The van der Waals surface area contributed by atoms with Crippen molar-refractivity contribution in [1.29, 1.82) is 0 Å². The third kappa shape index (κ3) is 13.3. The molecule has 0 aliphatic carbocycles. The average Bonchev–Trinajstić information content (AvgIpc) is 2.89. The minimum atomic E-state index is -1.33. The van der Waals surface area contributed by atoms with Crippen LogP contribution in [0.1, 0.15) is 116 Å². The second-order valence-corrected chi connectivity index (χ2v) is 10.1. The molecule has 0 aliphatic heterocycles. The van der Waals surface area contributed by atoms with Gasteiger partial charge in [0.25, 0.3) is 0 Å². The Balaban J connectivity index is 1.63. The Bertz CT molecular complexity index is 782. The molecule has 0 saturated heterocycles. The van der Waals surface area contributed by atoms with Crippen molar-refractivity contribution in [3.8, 4) is 17.1 Å². The SMILES string of the molecule is CCCCCCCCCCCCc1ccc(-c2ncc(OCC(F)CC(F)CCCCC)cn2)cc1. The number of hydrogen-bond acceptors (Lipinski definition) is 3. The van der Waals surface area contributed by atoms with Crippen LogP contribution in [0.2, 0.25) is 0 Å². The van der Waals surface area contributed by atoms with Crippen LogP contribution in [0.3, 0.4) is 0 Å². The molecule has 0 radical (unpaired) electrons. The van der Waals surface area contributed by atoms with Crippen LogP contribution < -0.4 is 4.74 Å². The van der Waals surface area contributed by atoms with E-state index in [1.165, 1.54) is 69.8 Å². The maximum atomic E-state index is 14.0. The smallest absolute Gasteiger partial charge is 0.159 e. The van der Waals surface area contributed by atoms with Crippen LogP contribution in [0.4, 0.5) is 8.78 Å². The van der Waals surface area contributed by atoms with Gasteiger partial charge in [-0.05, 0) is 24.8 Å². The van der Waals surface area contributed by atoms with E-state index in [0.717, 1.165) is 31.2 Å². The van der Waals surface area contributed by atoms with E-state index in [4.69, 9.17) is 4.74 Å². The van der Waals surface area contributed by atoms with Crippen molar-refractivity contribution < 1.29 is 13.5 Å². The van der Waals surface area contributed by atoms with E-state index < -0.39 is 12.3 Å². The van der Waals surface area contributed by atoms with E-state index in [1.807, 2.05) is 0 Å². The standard InChI is InChI=1S/C31H48F2N2O/c1-3-5-7-8-9-10-11-12-13-15-16-26-18-20-27(21-19-26)31-34-23-30(24-35-31)36-25-29(33)22-28(32)17-14-6-4-2/h18-21,23-24,28-29H,3-17,22,25H2,1-2H3. The summed E-state index contributed by atoms with van der Waals surface area (Å²) < 4.78 is 33.3. The summed E-state index contributed by atoms with van der Waals surface area (Å²) in [5, 5.41) is 0. The van der Waals surface area contributed by atoms with E-state index >= 15 is 0 Å². The van der Waals surface area contributed by atoms with Gasteiger partial charge in [-0.15, -0.1) is 0 Å². The van der Waals surface area contributed by atoms with Gasteiger partial charge in [-0.1, -0.05) is 115 Å². The molecule has 0 amide bonds. The normalized spacial score (nSPS) is 13.0. The van der Waals surface area contributed by atoms with Crippen LogP contribution in [-0.4, -0.2) is 28.9 Å². The highest BCUT2D eigenvalue weighted by atomic mass is 19.1. The number of nitrogens with zero attached hydrogens (tertiary/aromatic N) is 2. The molecule has 0 bridgehead atoms. The molecule has 3 nitrogen and oxygen atoms in total. The van der Waals surface area contributed by atoms with E-state index in [1.54, 1.807) is 12.4 Å². The molecule has 0 N–H and O–H groups in total. The first-order valence-electron chi connectivity index (χ1n) is 14.4. The molecule has 2 unspecified atom stereocenters. The van der Waals surface area contributed by atoms with Gasteiger partial charge in [0.15, 0.2) is 11.6 Å². The minimum Gasteiger partial charge on any atom is -0.487 e. The Hall–Kier alpha value is -2.04. The quantitative estimate of drug-likeness (QED) is 0.159. The Morgan fingerprint density at radius 3 is 1.86 bits per heavy atom. The van der Waals surface area contributed by atoms with Crippen LogP contribution in [0, 0.1) is 0 Å². The number of alkyl halides is 2. The molecular weight excluding hydrogens is 454 g/mol. The molecule has 1 aromatic carbocycles. The number of rotatable bonds is 21. The number of halogens is 2. The van der Waals surface area contributed by atoms with Crippen molar-refractivity contribution in [2.24, 2.45) is 0 Å². The number of unbranched alkanes of at least 4 members (excludes halogenated alkanes) is 11. The summed E-state index contributed by atoms with van der Waals surface area (Å²) in [7, 11) is 0. The summed E-state index contributed by atoms with van der Waals surface area (Å²) in [5.41, 5.74) is 2.29. The van der Waals surface area contributed by atoms with Crippen molar-refractivity contribution in [3.05, 3.63) is 42.2 Å². The summed E-state index contributed by atoms with van der Waals surface area (Å²) in [6.45, 7) is 4.16. The maximum Gasteiger partial charge on any atom is 0.159 e. The third-order valence-electron chi connectivity index (χ3n) is 6.72.